The second kappa shape index (κ2) is 38.7. The van der Waals surface area contributed by atoms with Crippen LogP contribution in [-0.2, 0) is 27.7 Å². The fraction of sp³-hybridized carbons (Fsp3) is 0.534. The molecule has 0 radical (unpaired) electrons. The third kappa shape index (κ3) is 28.3. The van der Waals surface area contributed by atoms with Crippen molar-refractivity contribution in [1.82, 2.24) is 34.2 Å². The Balaban J connectivity index is 0.000000230. The molecule has 3 aliphatic heterocycles. The summed E-state index contributed by atoms with van der Waals surface area (Å²) in [5, 5.41) is 3.16. The van der Waals surface area contributed by atoms with Crippen LogP contribution < -0.4 is 5.32 Å². The lowest BCUT2D eigenvalue weighted by atomic mass is 10.0. The molecule has 0 spiro atoms. The lowest BCUT2D eigenvalue weighted by Gasteiger charge is -2.33. The van der Waals surface area contributed by atoms with Crippen LogP contribution in [0.15, 0.2) is 134 Å². The molecule has 84 heavy (non-hydrogen) atoms. The predicted molar refractivity (Wildman–Crippen MR) is 361 cm³/mol. The summed E-state index contributed by atoms with van der Waals surface area (Å²) in [5.74, 6) is 3.30. The maximum atomic E-state index is 12.1. The summed E-state index contributed by atoms with van der Waals surface area (Å²) in [6, 6.07) is 39.4. The highest BCUT2D eigenvalue weighted by Crippen LogP contribution is 2.20. The van der Waals surface area contributed by atoms with E-state index in [4.69, 9.17) is 0 Å². The Morgan fingerprint density at radius 3 is 1.48 bits per heavy atom. The van der Waals surface area contributed by atoms with Crippen molar-refractivity contribution < 1.29 is 13.2 Å². The van der Waals surface area contributed by atoms with E-state index >= 15 is 0 Å². The number of nitrogens with zero attached hydrogens (tertiary/aromatic N) is 6. The number of aromatic nitrogens is 1. The Labute approximate surface area is 512 Å². The number of piperazine rings is 1. The van der Waals surface area contributed by atoms with Crippen LogP contribution in [0.3, 0.4) is 0 Å². The molecule has 4 aromatic carbocycles. The molecule has 8 rings (SSSR count). The summed E-state index contributed by atoms with van der Waals surface area (Å²) < 4.78 is 25.3. The van der Waals surface area contributed by atoms with Crippen molar-refractivity contribution in [3.63, 3.8) is 0 Å². The highest BCUT2D eigenvalue weighted by molar-refractivity contribution is 7.89. The van der Waals surface area contributed by atoms with Crippen LogP contribution in [0.2, 0.25) is 0 Å². The quantitative estimate of drug-likeness (QED) is 0.0874. The van der Waals surface area contributed by atoms with Crippen LogP contribution in [0.5, 0.6) is 0 Å². The van der Waals surface area contributed by atoms with Gasteiger partial charge in [-0.05, 0) is 172 Å². The van der Waals surface area contributed by atoms with Crippen molar-refractivity contribution in [1.29, 1.82) is 0 Å². The van der Waals surface area contributed by atoms with Crippen LogP contribution in [0.25, 0.3) is 12.2 Å². The second-order valence-electron chi connectivity index (χ2n) is 25.0. The maximum Gasteiger partial charge on any atom is 0.224 e. The second-order valence-corrected chi connectivity index (χ2v) is 27.3. The number of hydrogen-bond acceptors (Lipinski definition) is 8. The largest absolute Gasteiger partial charge is 0.353 e. The highest BCUT2D eigenvalue weighted by atomic mass is 32.2. The van der Waals surface area contributed by atoms with Crippen molar-refractivity contribution in [2.75, 3.05) is 98.9 Å². The number of piperidine rings is 2. The molecule has 3 aliphatic rings. The number of carbonyl (C=O) groups excluding carboxylic acids is 1. The highest BCUT2D eigenvalue weighted by Gasteiger charge is 2.25. The van der Waals surface area contributed by atoms with E-state index in [9.17, 15) is 13.2 Å². The van der Waals surface area contributed by atoms with Gasteiger partial charge in [-0.25, -0.2) is 8.42 Å². The first-order valence-corrected chi connectivity index (χ1v) is 33.4. The van der Waals surface area contributed by atoms with Crippen LogP contribution in [0, 0.1) is 0 Å². The summed E-state index contributed by atoms with van der Waals surface area (Å²) in [4.78, 5) is 25.4. The van der Waals surface area contributed by atoms with Gasteiger partial charge in [0.25, 0.3) is 0 Å². The molecule has 11 heteroatoms. The topological polar surface area (TPSA) is 92.3 Å². The van der Waals surface area contributed by atoms with E-state index in [0.29, 0.717) is 55.1 Å². The third-order valence-corrected chi connectivity index (χ3v) is 17.9. The first kappa shape index (κ1) is 71.2. The Bertz CT molecular complexity index is 2700. The van der Waals surface area contributed by atoms with E-state index < -0.39 is 10.0 Å². The Hall–Kier alpha value is -5.27. The molecule has 3 fully saturated rings. The van der Waals surface area contributed by atoms with Crippen LogP contribution in [0.1, 0.15) is 188 Å². The predicted octanol–water partition coefficient (Wildman–Crippen LogP) is 14.8. The maximum absolute atomic E-state index is 12.1. The zero-order valence-corrected chi connectivity index (χ0v) is 55.4. The Kier molecular flexibility index (Phi) is 32.8. The molecule has 1 N–H and O–H groups in total. The monoisotopic (exact) mass is 1170 g/mol. The number of sulfonamides is 1. The molecule has 5 aromatic rings. The van der Waals surface area contributed by atoms with Gasteiger partial charge in [-0.15, -0.1) is 0 Å². The molecular weight excluding hydrogens is 1050 g/mol. The molecule has 462 valence electrons. The minimum absolute atomic E-state index is 0.150. The number of pyridine rings is 1. The normalized spacial score (nSPS) is 15.9. The van der Waals surface area contributed by atoms with Crippen molar-refractivity contribution in [2.24, 2.45) is 0 Å². The minimum Gasteiger partial charge on any atom is -0.353 e. The summed E-state index contributed by atoms with van der Waals surface area (Å²) >= 11 is 0. The lowest BCUT2D eigenvalue weighted by Crippen LogP contribution is -2.49. The van der Waals surface area contributed by atoms with Crippen molar-refractivity contribution in [2.45, 2.75) is 157 Å². The molecular formula is C73H111N7O3S. The Morgan fingerprint density at radius 2 is 1.05 bits per heavy atom. The van der Waals surface area contributed by atoms with Gasteiger partial charge < -0.3 is 20.0 Å². The molecule has 10 nitrogen and oxygen atoms in total. The number of rotatable bonds is 19. The van der Waals surface area contributed by atoms with Crippen molar-refractivity contribution in [3.8, 4) is 0 Å². The zero-order valence-electron chi connectivity index (χ0n) is 54.6. The van der Waals surface area contributed by atoms with E-state index in [-0.39, 0.29) is 11.7 Å². The lowest BCUT2D eigenvalue weighted by molar-refractivity contribution is -0.121. The molecule has 3 saturated heterocycles. The number of likely N-dealkylation sites (N-methyl/N-ethyl adjacent to an activating group) is 1. The molecule has 0 unspecified atom stereocenters. The molecule has 0 saturated carbocycles. The van der Waals surface area contributed by atoms with Crippen LogP contribution in [0.4, 0.5) is 0 Å². The summed E-state index contributed by atoms with van der Waals surface area (Å²) in [7, 11) is 3.27. The molecule has 4 heterocycles. The van der Waals surface area contributed by atoms with E-state index in [1.807, 2.05) is 12.3 Å². The number of hydrogen-bond donors (Lipinski definition) is 1. The fourth-order valence-electron chi connectivity index (χ4n) is 9.99. The molecule has 0 aliphatic carbocycles. The smallest absolute Gasteiger partial charge is 0.224 e. The van der Waals surface area contributed by atoms with Gasteiger partial charge in [0.15, 0.2) is 0 Å². The third-order valence-electron chi connectivity index (χ3n) is 16.0. The van der Waals surface area contributed by atoms with Gasteiger partial charge in [0, 0.05) is 64.2 Å². The number of likely N-dealkylation sites (tertiary alicyclic amines) is 2. The zero-order chi connectivity index (χ0) is 61.4. The van der Waals surface area contributed by atoms with Gasteiger partial charge in [0.05, 0.1) is 12.2 Å². The fourth-order valence-corrected chi connectivity index (χ4v) is 11.1. The van der Waals surface area contributed by atoms with Crippen LogP contribution >= 0.6 is 0 Å². The number of amides is 1. The summed E-state index contributed by atoms with van der Waals surface area (Å²) in [5.41, 5.74) is 11.9. The molecule has 0 atom stereocenters. The van der Waals surface area contributed by atoms with Crippen LogP contribution in [-0.4, -0.2) is 148 Å². The van der Waals surface area contributed by atoms with Crippen molar-refractivity contribution >= 4 is 28.1 Å². The summed E-state index contributed by atoms with van der Waals surface area (Å²) in [6.45, 7) is 34.5. The van der Waals surface area contributed by atoms with E-state index in [1.165, 1.54) is 76.9 Å². The average molecular weight is 1170 g/mol. The molecule has 0 bridgehead atoms. The van der Waals surface area contributed by atoms with Gasteiger partial charge in [-0.3, -0.25) is 14.7 Å². The first-order chi connectivity index (χ1) is 40.1. The van der Waals surface area contributed by atoms with E-state index in [1.54, 1.807) is 17.4 Å². The number of benzene rings is 4. The number of carbonyl (C=O) groups is 1. The van der Waals surface area contributed by atoms with E-state index in [0.717, 1.165) is 70.6 Å². The van der Waals surface area contributed by atoms with Gasteiger partial charge in [0.2, 0.25) is 15.9 Å². The van der Waals surface area contributed by atoms with Crippen molar-refractivity contribution in [3.05, 3.63) is 184 Å². The van der Waals surface area contributed by atoms with Gasteiger partial charge >= 0.3 is 0 Å². The van der Waals surface area contributed by atoms with E-state index in [2.05, 4.69) is 248 Å². The minimum atomic E-state index is -3.02. The van der Waals surface area contributed by atoms with Gasteiger partial charge in [0.1, 0.15) is 0 Å². The first-order valence-electron chi connectivity index (χ1n) is 31.8. The SMILES string of the molecule is CC(C)c1ccc(/C=C/CN(C)C)cc1.CC(C)c1ccc(/C=C/CN2CCCCC2)cc1.CC(C)c1ccc(CC(=O)NC2CCN(C)CC2)cc1.CC(C)c1cccnc1.CCS(=O)(=O)N1CCN(CCc2ccc(C(C)C)cc2)CC1. The molecule has 1 amide bonds. The standard InChI is InChI=1S/C17H28N2O2S.C17H26N2O.C17H25N.C14H21N.C8H11N/c1-4-22(20,21)19-13-11-18(12-14-19)10-9-16-5-7-17(8-6-16)15(2)3;1-13(2)15-6-4-14(5-7-15)12-17(20)18-16-8-10-19(3)11-9-16;1-15(2)17-10-8-16(9-11-17)7-6-14-18-12-4-3-5-13-18;1-12(2)14-9-7-13(8-10-14)6-5-11-15(3)4;1-7(2)8-4-3-5-9-6-8/h5-8,15H,4,9-14H2,1-3H3;4-7,13,16H,8-12H2,1-3H3,(H,18,20);6-11,15H,3-5,12-14H2,1-2H3;5-10,12H,11H2,1-4H3;3-7H,1-2H3/b;;7-6+;6-5+;. The number of nitrogens with one attached hydrogen (secondary N) is 1. The van der Waals surface area contributed by atoms with Gasteiger partial charge in [-0.1, -0.05) is 203 Å². The molecule has 1 aromatic heterocycles. The van der Waals surface area contributed by atoms with Gasteiger partial charge in [-0.2, -0.15) is 4.31 Å². The summed E-state index contributed by atoms with van der Waals surface area (Å²) in [6.07, 6.45) is 20.4. The Morgan fingerprint density at radius 1 is 0.583 bits per heavy atom. The average Bonchev–Trinajstić information content (AvgIpc) is 3.68.